The highest BCUT2D eigenvalue weighted by molar-refractivity contribution is 6.13. The molecule has 0 aliphatic heterocycles. The monoisotopic (exact) mass is 533 g/mol. The summed E-state index contributed by atoms with van der Waals surface area (Å²) in [4.78, 5) is 9.64. The van der Waals surface area contributed by atoms with E-state index in [1.165, 1.54) is 6.07 Å². The van der Waals surface area contributed by atoms with E-state index in [2.05, 4.69) is 18.8 Å². The van der Waals surface area contributed by atoms with Gasteiger partial charge in [-0.1, -0.05) is 95.7 Å². The fourth-order valence-electron chi connectivity index (χ4n) is 4.36. The summed E-state index contributed by atoms with van der Waals surface area (Å²) in [6.45, 7) is 19.9. The molecule has 0 fully saturated rings. The van der Waals surface area contributed by atoms with Gasteiger partial charge in [0.05, 0.1) is 11.4 Å². The normalized spacial score (nSPS) is 13.9. The van der Waals surface area contributed by atoms with Crippen molar-refractivity contribution in [2.75, 3.05) is 0 Å². The van der Waals surface area contributed by atoms with Crippen LogP contribution in [0.4, 0.5) is 4.39 Å². The Bertz CT molecular complexity index is 1160. The molecule has 1 unspecified atom stereocenters. The van der Waals surface area contributed by atoms with Crippen LogP contribution < -0.4 is 5.32 Å². The van der Waals surface area contributed by atoms with Crippen molar-refractivity contribution in [2.45, 2.75) is 92.7 Å². The molecular formula is C34H48FN3O. The lowest BCUT2D eigenvalue weighted by Crippen LogP contribution is -2.36. The molecule has 5 heteroatoms. The van der Waals surface area contributed by atoms with Crippen LogP contribution in [0.25, 0.3) is 5.70 Å². The van der Waals surface area contributed by atoms with Crippen LogP contribution in [0.3, 0.4) is 0 Å². The van der Waals surface area contributed by atoms with E-state index in [0.717, 1.165) is 18.4 Å². The van der Waals surface area contributed by atoms with E-state index < -0.39 is 5.60 Å². The summed E-state index contributed by atoms with van der Waals surface area (Å²) >= 11 is 0. The number of aliphatic imine (C=N–C) groups is 2. The molecule has 0 amide bonds. The predicted octanol–water partition coefficient (Wildman–Crippen LogP) is 9.21. The first kappa shape index (κ1) is 33.7. The van der Waals surface area contributed by atoms with Crippen molar-refractivity contribution in [1.82, 2.24) is 5.32 Å². The minimum absolute atomic E-state index is 0.0120. The van der Waals surface area contributed by atoms with Crippen LogP contribution in [0.1, 0.15) is 98.2 Å². The minimum Gasteiger partial charge on any atom is -0.384 e. The Morgan fingerprint density at radius 2 is 1.56 bits per heavy atom. The van der Waals surface area contributed by atoms with Gasteiger partial charge in [0.1, 0.15) is 17.2 Å². The van der Waals surface area contributed by atoms with Gasteiger partial charge in [0, 0.05) is 22.9 Å². The summed E-state index contributed by atoms with van der Waals surface area (Å²) in [5, 5.41) is 14.7. The van der Waals surface area contributed by atoms with Crippen molar-refractivity contribution in [3.05, 3.63) is 102 Å². The number of allylic oxidation sites excluding steroid dienone is 3. The van der Waals surface area contributed by atoms with Gasteiger partial charge in [0.25, 0.3) is 0 Å². The summed E-state index contributed by atoms with van der Waals surface area (Å²) in [5.41, 5.74) is 2.76. The highest BCUT2D eigenvalue weighted by atomic mass is 19.1. The SMILES string of the molecule is C=C(/N=C(\C=C/C)C(/C)=C(/N=C(C)C(O)(CCC)CCC)c1ccccc1F)NC(C)c1ccccc1.CC. The number of hydrogen-bond donors (Lipinski definition) is 2. The van der Waals surface area contributed by atoms with Gasteiger partial charge in [-0.15, -0.1) is 0 Å². The summed E-state index contributed by atoms with van der Waals surface area (Å²) in [6, 6.07) is 16.7. The number of halogens is 1. The number of hydrogen-bond acceptors (Lipinski definition) is 4. The van der Waals surface area contributed by atoms with Crippen molar-refractivity contribution in [2.24, 2.45) is 9.98 Å². The smallest absolute Gasteiger partial charge is 0.132 e. The maximum Gasteiger partial charge on any atom is 0.132 e. The molecule has 2 aromatic carbocycles. The Hall–Kier alpha value is -3.31. The lowest BCUT2D eigenvalue weighted by Gasteiger charge is -2.28. The van der Waals surface area contributed by atoms with Gasteiger partial charge in [-0.3, -0.25) is 4.99 Å². The fourth-order valence-corrected chi connectivity index (χ4v) is 4.36. The van der Waals surface area contributed by atoms with Crippen molar-refractivity contribution < 1.29 is 9.50 Å². The molecule has 1 atom stereocenters. The van der Waals surface area contributed by atoms with E-state index in [0.29, 0.717) is 46.9 Å². The third kappa shape index (κ3) is 10.1. The molecule has 0 spiro atoms. The molecule has 0 heterocycles. The third-order valence-corrected chi connectivity index (χ3v) is 6.41. The highest BCUT2D eigenvalue weighted by Gasteiger charge is 2.29. The van der Waals surface area contributed by atoms with Crippen molar-refractivity contribution >= 4 is 17.1 Å². The van der Waals surface area contributed by atoms with Gasteiger partial charge < -0.3 is 10.4 Å². The van der Waals surface area contributed by atoms with Crippen molar-refractivity contribution in [3.63, 3.8) is 0 Å². The summed E-state index contributed by atoms with van der Waals surface area (Å²) in [6.07, 6.45) is 6.57. The van der Waals surface area contributed by atoms with Gasteiger partial charge in [-0.05, 0) is 64.3 Å². The van der Waals surface area contributed by atoms with Gasteiger partial charge in [0.15, 0.2) is 0 Å². The molecule has 0 saturated carbocycles. The van der Waals surface area contributed by atoms with Crippen molar-refractivity contribution in [1.29, 1.82) is 0 Å². The van der Waals surface area contributed by atoms with E-state index >= 15 is 4.39 Å². The predicted molar refractivity (Wildman–Crippen MR) is 168 cm³/mol. The second-order valence-corrected chi connectivity index (χ2v) is 9.40. The zero-order valence-electron chi connectivity index (χ0n) is 25.2. The number of aliphatic hydroxyl groups is 1. The molecule has 2 aromatic rings. The lowest BCUT2D eigenvalue weighted by molar-refractivity contribution is 0.0904. The quantitative estimate of drug-likeness (QED) is 0.252. The van der Waals surface area contributed by atoms with Gasteiger partial charge in [-0.25, -0.2) is 9.38 Å². The van der Waals surface area contributed by atoms with Crippen LogP contribution in [-0.4, -0.2) is 22.1 Å². The first-order chi connectivity index (χ1) is 18.7. The Kier molecular flexibility index (Phi) is 15.0. The van der Waals surface area contributed by atoms with Crippen LogP contribution in [0.2, 0.25) is 0 Å². The second-order valence-electron chi connectivity index (χ2n) is 9.40. The Labute approximate surface area is 236 Å². The zero-order valence-corrected chi connectivity index (χ0v) is 25.2. The first-order valence-corrected chi connectivity index (χ1v) is 14.1. The Balaban J connectivity index is 0.00000371. The molecule has 0 aliphatic rings. The number of nitrogens with zero attached hydrogens (tertiary/aromatic N) is 2. The fraction of sp³-hybridized carbons (Fsp3) is 0.412. The van der Waals surface area contributed by atoms with Crippen LogP contribution in [-0.2, 0) is 0 Å². The third-order valence-electron chi connectivity index (χ3n) is 6.41. The standard InChI is InChI=1S/C32H42FN3O.C2H6/c1-8-16-30(36-26(7)34-24(5)27-17-12-11-13-18-27)23(4)31(28-19-14-15-20-29(28)33)35-25(6)32(37,21-9-2)22-10-3;1-2/h8,11-20,24,34,37H,7,9-10,21-22H2,1-6H3;1-2H3/b16-8-,31-23+,35-25?,36-30+;. The molecule has 0 aliphatic carbocycles. The maximum atomic E-state index is 15.1. The molecule has 0 aromatic heterocycles. The van der Waals surface area contributed by atoms with Crippen LogP contribution in [0.5, 0.6) is 0 Å². The summed E-state index contributed by atoms with van der Waals surface area (Å²) in [7, 11) is 0. The average molecular weight is 534 g/mol. The Morgan fingerprint density at radius 1 is 1.00 bits per heavy atom. The molecular weight excluding hydrogens is 485 g/mol. The van der Waals surface area contributed by atoms with Crippen molar-refractivity contribution in [3.8, 4) is 0 Å². The van der Waals surface area contributed by atoms with E-state index in [1.807, 2.05) is 91.0 Å². The molecule has 0 radical (unpaired) electrons. The molecule has 2 N–H and O–H groups in total. The molecule has 2 rings (SSSR count). The van der Waals surface area contributed by atoms with Crippen LogP contribution in [0.15, 0.2) is 94.7 Å². The zero-order chi connectivity index (χ0) is 29.4. The summed E-state index contributed by atoms with van der Waals surface area (Å²) < 4.78 is 15.1. The van der Waals surface area contributed by atoms with Crippen LogP contribution >= 0.6 is 0 Å². The average Bonchev–Trinajstić information content (AvgIpc) is 2.93. The number of nitrogens with one attached hydrogen (secondary N) is 1. The van der Waals surface area contributed by atoms with Gasteiger partial charge in [0.2, 0.25) is 0 Å². The highest BCUT2D eigenvalue weighted by Crippen LogP contribution is 2.29. The first-order valence-electron chi connectivity index (χ1n) is 14.1. The topological polar surface area (TPSA) is 57.0 Å². The minimum atomic E-state index is -1.05. The molecule has 0 saturated heterocycles. The lowest BCUT2D eigenvalue weighted by atomic mass is 9.88. The van der Waals surface area contributed by atoms with E-state index in [9.17, 15) is 5.11 Å². The molecule has 4 nitrogen and oxygen atoms in total. The van der Waals surface area contributed by atoms with E-state index in [-0.39, 0.29) is 11.9 Å². The molecule has 0 bridgehead atoms. The van der Waals surface area contributed by atoms with Crippen LogP contribution in [0, 0.1) is 5.82 Å². The van der Waals surface area contributed by atoms with Gasteiger partial charge >= 0.3 is 0 Å². The second kappa shape index (κ2) is 17.3. The number of benzene rings is 2. The molecule has 212 valence electrons. The number of rotatable bonds is 13. The Morgan fingerprint density at radius 3 is 2.10 bits per heavy atom. The summed E-state index contributed by atoms with van der Waals surface area (Å²) in [5.74, 6) is 0.114. The van der Waals surface area contributed by atoms with Gasteiger partial charge in [-0.2, -0.15) is 0 Å². The maximum absolute atomic E-state index is 15.1. The molecule has 39 heavy (non-hydrogen) atoms. The van der Waals surface area contributed by atoms with E-state index in [4.69, 9.17) is 9.98 Å². The van der Waals surface area contributed by atoms with E-state index in [1.54, 1.807) is 18.2 Å². The largest absolute Gasteiger partial charge is 0.384 e.